The van der Waals surface area contributed by atoms with Crippen LogP contribution in [0.5, 0.6) is 0 Å². The molecule has 0 rings (SSSR count). The van der Waals surface area contributed by atoms with Crippen molar-refractivity contribution in [3.8, 4) is 0 Å². The molecule has 14 heavy (non-hydrogen) atoms. The topological polar surface area (TPSA) is 81.8 Å². The van der Waals surface area contributed by atoms with Crippen molar-refractivity contribution in [3.05, 3.63) is 12.3 Å². The van der Waals surface area contributed by atoms with Crippen LogP contribution < -0.4 is 5.73 Å². The van der Waals surface area contributed by atoms with Gasteiger partial charge in [0.25, 0.3) is 0 Å². The number of esters is 1. The SMILES string of the molecule is CCOC(=O)C(C=CN)=NCC(C)=O. The first kappa shape index (κ1) is 12.3. The molecule has 2 N–H and O–H groups in total. The standard InChI is InChI=1S/C9H14N2O3/c1-3-14-9(13)8(4-5-10)11-6-7(2)12/h4-5H,3,6,10H2,1-2H3. The summed E-state index contributed by atoms with van der Waals surface area (Å²) in [4.78, 5) is 25.6. The van der Waals surface area contributed by atoms with Crippen LogP contribution in [0.4, 0.5) is 0 Å². The summed E-state index contributed by atoms with van der Waals surface area (Å²) >= 11 is 0. The molecule has 0 amide bonds. The molecule has 0 fully saturated rings. The second-order valence-electron chi connectivity index (χ2n) is 2.48. The monoisotopic (exact) mass is 198 g/mol. The van der Waals surface area contributed by atoms with E-state index in [4.69, 9.17) is 10.5 Å². The van der Waals surface area contributed by atoms with Crippen molar-refractivity contribution in [2.45, 2.75) is 13.8 Å². The van der Waals surface area contributed by atoms with Crippen LogP contribution in [0.15, 0.2) is 17.3 Å². The highest BCUT2D eigenvalue weighted by atomic mass is 16.5. The fourth-order valence-corrected chi connectivity index (χ4v) is 0.678. The summed E-state index contributed by atoms with van der Waals surface area (Å²) in [5.74, 6) is -0.701. The lowest BCUT2D eigenvalue weighted by atomic mass is 10.3. The Morgan fingerprint density at radius 2 is 2.14 bits per heavy atom. The van der Waals surface area contributed by atoms with Gasteiger partial charge in [0.05, 0.1) is 13.2 Å². The van der Waals surface area contributed by atoms with Gasteiger partial charge in [-0.1, -0.05) is 0 Å². The number of ketones is 1. The lowest BCUT2D eigenvalue weighted by molar-refractivity contribution is -0.134. The molecular weight excluding hydrogens is 184 g/mol. The van der Waals surface area contributed by atoms with Crippen molar-refractivity contribution >= 4 is 17.5 Å². The number of carbonyl (C=O) groups is 2. The average Bonchev–Trinajstić information content (AvgIpc) is 2.12. The van der Waals surface area contributed by atoms with E-state index in [0.717, 1.165) is 0 Å². The molecule has 0 aromatic heterocycles. The van der Waals surface area contributed by atoms with Crippen LogP contribution in [0.1, 0.15) is 13.8 Å². The van der Waals surface area contributed by atoms with Crippen LogP contribution in [0.2, 0.25) is 0 Å². The van der Waals surface area contributed by atoms with Gasteiger partial charge < -0.3 is 10.5 Å². The zero-order chi connectivity index (χ0) is 11.0. The molecule has 0 aromatic rings. The molecule has 0 unspecified atom stereocenters. The van der Waals surface area contributed by atoms with E-state index in [-0.39, 0.29) is 24.6 Å². The molecule has 0 bridgehead atoms. The van der Waals surface area contributed by atoms with Gasteiger partial charge in [-0.3, -0.25) is 9.79 Å². The van der Waals surface area contributed by atoms with Crippen LogP contribution in [-0.2, 0) is 14.3 Å². The average molecular weight is 198 g/mol. The Morgan fingerprint density at radius 3 is 2.57 bits per heavy atom. The minimum atomic E-state index is -0.574. The first-order valence-electron chi connectivity index (χ1n) is 4.21. The number of hydrogen-bond donors (Lipinski definition) is 1. The summed E-state index contributed by atoms with van der Waals surface area (Å²) in [6, 6.07) is 0. The van der Waals surface area contributed by atoms with Gasteiger partial charge in [0.2, 0.25) is 0 Å². The second kappa shape index (κ2) is 6.82. The normalized spacial score (nSPS) is 11.7. The molecule has 5 nitrogen and oxygen atoms in total. The molecule has 0 aliphatic carbocycles. The maximum absolute atomic E-state index is 11.2. The van der Waals surface area contributed by atoms with Crippen molar-refractivity contribution in [3.63, 3.8) is 0 Å². The molecule has 78 valence electrons. The molecule has 0 saturated carbocycles. The van der Waals surface area contributed by atoms with Gasteiger partial charge in [-0.05, 0) is 26.1 Å². The molecule has 0 heterocycles. The second-order valence-corrected chi connectivity index (χ2v) is 2.48. The summed E-state index contributed by atoms with van der Waals surface area (Å²) in [6.45, 7) is 3.29. The summed E-state index contributed by atoms with van der Waals surface area (Å²) in [7, 11) is 0. The molecule has 0 saturated heterocycles. The van der Waals surface area contributed by atoms with Crippen molar-refractivity contribution in [2.24, 2.45) is 10.7 Å². The number of hydrogen-bond acceptors (Lipinski definition) is 5. The first-order chi connectivity index (χ1) is 6.61. The van der Waals surface area contributed by atoms with Crippen LogP contribution in [-0.4, -0.2) is 30.6 Å². The van der Waals surface area contributed by atoms with E-state index in [9.17, 15) is 9.59 Å². The summed E-state index contributed by atoms with van der Waals surface area (Å²) in [5.41, 5.74) is 5.18. The van der Waals surface area contributed by atoms with Gasteiger partial charge in [-0.25, -0.2) is 4.79 Å². The van der Waals surface area contributed by atoms with Crippen molar-refractivity contribution in [1.29, 1.82) is 0 Å². The van der Waals surface area contributed by atoms with E-state index in [1.54, 1.807) is 6.92 Å². The molecule has 0 spiro atoms. The first-order valence-corrected chi connectivity index (χ1v) is 4.21. The van der Waals surface area contributed by atoms with Gasteiger partial charge in [0, 0.05) is 0 Å². The van der Waals surface area contributed by atoms with E-state index >= 15 is 0 Å². The van der Waals surface area contributed by atoms with E-state index in [2.05, 4.69) is 4.99 Å². The van der Waals surface area contributed by atoms with Crippen molar-refractivity contribution in [1.82, 2.24) is 0 Å². The van der Waals surface area contributed by atoms with Crippen LogP contribution >= 0.6 is 0 Å². The van der Waals surface area contributed by atoms with Gasteiger partial charge in [0.15, 0.2) is 5.78 Å². The predicted molar refractivity (Wildman–Crippen MR) is 52.9 cm³/mol. The molecule has 0 aliphatic rings. The fraction of sp³-hybridized carbons (Fsp3) is 0.444. The number of aliphatic imine (C=N–C) groups is 1. The molecule has 0 atom stereocenters. The number of ether oxygens (including phenoxy) is 1. The van der Waals surface area contributed by atoms with Crippen molar-refractivity contribution in [2.75, 3.05) is 13.2 Å². The fourth-order valence-electron chi connectivity index (χ4n) is 0.678. The highest BCUT2D eigenvalue weighted by Crippen LogP contribution is 1.88. The Kier molecular flexibility index (Phi) is 6.02. The number of Topliss-reactive ketones (excluding diaryl/α,β-unsaturated/α-hetero) is 1. The van der Waals surface area contributed by atoms with Crippen molar-refractivity contribution < 1.29 is 14.3 Å². The number of carbonyl (C=O) groups excluding carboxylic acids is 2. The third kappa shape index (κ3) is 5.08. The number of nitrogens with two attached hydrogens (primary N) is 1. The summed E-state index contributed by atoms with van der Waals surface area (Å²) in [6.07, 6.45) is 2.48. The maximum Gasteiger partial charge on any atom is 0.356 e. The Morgan fingerprint density at radius 1 is 1.50 bits per heavy atom. The zero-order valence-electron chi connectivity index (χ0n) is 8.32. The Balaban J connectivity index is 4.49. The summed E-state index contributed by atoms with van der Waals surface area (Å²) < 4.78 is 4.70. The maximum atomic E-state index is 11.2. The Bertz CT molecular complexity index is 269. The Hall–Kier alpha value is -1.65. The van der Waals surface area contributed by atoms with Gasteiger partial charge in [-0.15, -0.1) is 0 Å². The summed E-state index contributed by atoms with van der Waals surface area (Å²) in [5, 5.41) is 0. The lowest BCUT2D eigenvalue weighted by Gasteiger charge is -2.00. The van der Waals surface area contributed by atoms with Gasteiger partial charge in [0.1, 0.15) is 5.71 Å². The lowest BCUT2D eigenvalue weighted by Crippen LogP contribution is -2.17. The largest absolute Gasteiger partial charge is 0.461 e. The molecule has 0 aliphatic heterocycles. The molecular formula is C9H14N2O3. The van der Waals surface area contributed by atoms with Gasteiger partial charge in [-0.2, -0.15) is 0 Å². The zero-order valence-corrected chi connectivity index (χ0v) is 8.32. The highest BCUT2D eigenvalue weighted by molar-refractivity contribution is 6.41. The Labute approximate surface area is 82.6 Å². The smallest absolute Gasteiger partial charge is 0.356 e. The minimum Gasteiger partial charge on any atom is -0.461 e. The quantitative estimate of drug-likeness (QED) is 0.500. The third-order valence-electron chi connectivity index (χ3n) is 1.21. The van der Waals surface area contributed by atoms with E-state index in [1.807, 2.05) is 0 Å². The van der Waals surface area contributed by atoms with E-state index < -0.39 is 5.97 Å². The van der Waals surface area contributed by atoms with E-state index in [1.165, 1.54) is 19.2 Å². The number of rotatable bonds is 5. The van der Waals surface area contributed by atoms with Gasteiger partial charge >= 0.3 is 5.97 Å². The van der Waals surface area contributed by atoms with E-state index in [0.29, 0.717) is 0 Å². The van der Waals surface area contributed by atoms with Crippen LogP contribution in [0, 0.1) is 0 Å². The van der Waals surface area contributed by atoms with Crippen LogP contribution in [0.3, 0.4) is 0 Å². The molecule has 0 radical (unpaired) electrons. The molecule has 5 heteroatoms. The molecule has 0 aromatic carbocycles. The van der Waals surface area contributed by atoms with Crippen LogP contribution in [0.25, 0.3) is 0 Å². The number of nitrogens with zero attached hydrogens (tertiary/aromatic N) is 1. The third-order valence-corrected chi connectivity index (χ3v) is 1.21. The highest BCUT2D eigenvalue weighted by Gasteiger charge is 2.08. The predicted octanol–water partition coefficient (Wildman–Crippen LogP) is 0.0519. The minimum absolute atomic E-state index is 0.0432.